The van der Waals surface area contributed by atoms with Crippen molar-refractivity contribution in [2.75, 3.05) is 14.2 Å². The molecular weight excluding hydrogens is 386 g/mol. The molecule has 0 fully saturated rings. The van der Waals surface area contributed by atoms with Crippen molar-refractivity contribution in [3.8, 4) is 11.6 Å². The molecule has 1 N–H and O–H groups in total. The minimum atomic E-state index is -0.442. The molecule has 0 aromatic carbocycles. The molecule has 1 rings (SSSR count). The van der Waals surface area contributed by atoms with Crippen LogP contribution >= 0.6 is 0 Å². The molecule has 0 saturated heterocycles. The van der Waals surface area contributed by atoms with E-state index >= 15 is 0 Å². The van der Waals surface area contributed by atoms with Gasteiger partial charge in [0.25, 0.3) is 0 Å². The van der Waals surface area contributed by atoms with E-state index in [-0.39, 0.29) is 5.92 Å². The predicted molar refractivity (Wildman–Crippen MR) is 131 cm³/mol. The van der Waals surface area contributed by atoms with Crippen LogP contribution in [0.2, 0.25) is 0 Å². The Bertz CT molecular complexity index is 831. The lowest BCUT2D eigenvalue weighted by Gasteiger charge is -2.18. The van der Waals surface area contributed by atoms with Gasteiger partial charge in [-0.2, -0.15) is 0 Å². The van der Waals surface area contributed by atoms with Crippen molar-refractivity contribution in [2.24, 2.45) is 11.8 Å². The van der Waals surface area contributed by atoms with Crippen LogP contribution in [0.5, 0.6) is 11.6 Å². The summed E-state index contributed by atoms with van der Waals surface area (Å²) in [5.41, 5.74) is 5.47. The number of ether oxygens (including phenoxy) is 2. The average Bonchev–Trinajstić information content (AvgIpc) is 2.71. The maximum atomic E-state index is 10.5. The predicted octanol–water partition coefficient (Wildman–Crippen LogP) is 6.39. The lowest BCUT2D eigenvalue weighted by Crippen LogP contribution is -2.17. The summed E-state index contributed by atoms with van der Waals surface area (Å²) in [6.45, 7) is 14.5. The normalized spacial score (nSPS) is 15.5. The summed E-state index contributed by atoms with van der Waals surface area (Å²) < 4.78 is 10.7. The van der Waals surface area contributed by atoms with Gasteiger partial charge >= 0.3 is 0 Å². The van der Waals surface area contributed by atoms with E-state index in [1.54, 1.807) is 14.2 Å². The molecule has 0 aliphatic heterocycles. The summed E-state index contributed by atoms with van der Waals surface area (Å²) in [7, 11) is 3.28. The summed E-state index contributed by atoms with van der Waals surface area (Å²) >= 11 is 0. The summed E-state index contributed by atoms with van der Waals surface area (Å²) in [4.78, 5) is 4.56. The third-order valence-electron chi connectivity index (χ3n) is 5.28. The third-order valence-corrected chi connectivity index (χ3v) is 5.28. The number of hydrogen-bond acceptors (Lipinski definition) is 4. The Labute approximate surface area is 189 Å². The number of allylic oxidation sites excluding steroid dienone is 6. The first kappa shape index (κ1) is 26.7. The second kappa shape index (κ2) is 13.2. The van der Waals surface area contributed by atoms with Gasteiger partial charge in [-0.25, -0.2) is 4.98 Å². The van der Waals surface area contributed by atoms with E-state index in [2.05, 4.69) is 70.0 Å². The van der Waals surface area contributed by atoms with Gasteiger partial charge in [0, 0.05) is 24.0 Å². The Hall–Kier alpha value is -2.33. The fourth-order valence-electron chi connectivity index (χ4n) is 3.51. The van der Waals surface area contributed by atoms with Crippen LogP contribution in [-0.2, 0) is 6.42 Å². The van der Waals surface area contributed by atoms with Gasteiger partial charge in [-0.05, 0) is 45.6 Å². The summed E-state index contributed by atoms with van der Waals surface area (Å²) in [6, 6.07) is 1.81. The van der Waals surface area contributed by atoms with Crippen molar-refractivity contribution >= 4 is 0 Å². The molecule has 4 heteroatoms. The smallest absolute Gasteiger partial charge is 0.216 e. The Morgan fingerprint density at radius 3 is 2.35 bits per heavy atom. The number of aromatic nitrogens is 1. The quantitative estimate of drug-likeness (QED) is 0.328. The lowest BCUT2D eigenvalue weighted by molar-refractivity contribution is 0.172. The Morgan fingerprint density at radius 2 is 1.77 bits per heavy atom. The van der Waals surface area contributed by atoms with Gasteiger partial charge in [-0.3, -0.25) is 0 Å². The molecule has 31 heavy (non-hydrogen) atoms. The topological polar surface area (TPSA) is 51.6 Å². The summed E-state index contributed by atoms with van der Waals surface area (Å²) in [6.07, 6.45) is 11.9. The molecule has 0 saturated carbocycles. The molecule has 4 nitrogen and oxygen atoms in total. The van der Waals surface area contributed by atoms with E-state index in [4.69, 9.17) is 9.47 Å². The summed E-state index contributed by atoms with van der Waals surface area (Å²) in [5, 5.41) is 10.5. The van der Waals surface area contributed by atoms with Crippen LogP contribution in [0.3, 0.4) is 0 Å². The first-order valence-corrected chi connectivity index (χ1v) is 11.0. The van der Waals surface area contributed by atoms with Gasteiger partial charge in [0.1, 0.15) is 5.75 Å². The number of nitrogens with zero attached hydrogens (tertiary/aromatic N) is 1. The monoisotopic (exact) mass is 427 g/mol. The second-order valence-corrected chi connectivity index (χ2v) is 8.67. The van der Waals surface area contributed by atoms with E-state index in [1.807, 2.05) is 19.9 Å². The van der Waals surface area contributed by atoms with E-state index < -0.39 is 6.10 Å². The van der Waals surface area contributed by atoms with Gasteiger partial charge in [-0.15, -0.1) is 0 Å². The van der Waals surface area contributed by atoms with Crippen molar-refractivity contribution in [3.05, 3.63) is 64.4 Å². The van der Waals surface area contributed by atoms with Gasteiger partial charge in [0.15, 0.2) is 0 Å². The number of pyridine rings is 1. The first-order valence-electron chi connectivity index (χ1n) is 11.0. The molecule has 0 aliphatic carbocycles. The van der Waals surface area contributed by atoms with Crippen LogP contribution in [-0.4, -0.2) is 30.4 Å². The number of aliphatic hydroxyl groups excluding tert-OH is 1. The highest BCUT2D eigenvalue weighted by Gasteiger charge is 2.14. The molecule has 172 valence electrons. The van der Waals surface area contributed by atoms with Crippen LogP contribution in [0, 0.1) is 18.8 Å². The van der Waals surface area contributed by atoms with Crippen LogP contribution in [0.1, 0.15) is 59.2 Å². The van der Waals surface area contributed by atoms with Crippen molar-refractivity contribution in [3.63, 3.8) is 0 Å². The maximum Gasteiger partial charge on any atom is 0.216 e. The SMILES string of the molecule is COc1cc(OC)c(C)c(C/C=C(\C)C/C=C/C(C)=C/C(C)C(O)/C(C)=C/C(C)C)n1. The Morgan fingerprint density at radius 1 is 1.10 bits per heavy atom. The van der Waals surface area contributed by atoms with Crippen molar-refractivity contribution in [1.82, 2.24) is 4.98 Å². The summed E-state index contributed by atoms with van der Waals surface area (Å²) in [5.74, 6) is 1.88. The molecule has 0 amide bonds. The zero-order valence-corrected chi connectivity index (χ0v) is 20.8. The van der Waals surface area contributed by atoms with Gasteiger partial charge in [0.05, 0.1) is 26.0 Å². The molecule has 1 aromatic rings. The fourth-order valence-corrected chi connectivity index (χ4v) is 3.51. The minimum absolute atomic E-state index is 0.0772. The average molecular weight is 428 g/mol. The largest absolute Gasteiger partial charge is 0.496 e. The molecule has 1 aromatic heterocycles. The fraction of sp³-hybridized carbons (Fsp3) is 0.519. The number of rotatable bonds is 11. The first-order chi connectivity index (χ1) is 14.6. The third kappa shape index (κ3) is 9.14. The standard InChI is InChI=1S/C27H41NO3/c1-18(2)15-21(5)27(29)22(6)16-20(4)12-10-11-19(3)13-14-24-23(7)25(30-8)17-26(28-24)31-9/h10,12-13,15-18,22,27,29H,11,14H2,1-9H3/b12-10+,19-13+,20-16+,21-15+. The Kier molecular flexibility index (Phi) is 11.3. The van der Waals surface area contributed by atoms with Crippen LogP contribution in [0.25, 0.3) is 0 Å². The number of hydrogen-bond donors (Lipinski definition) is 1. The molecule has 0 radical (unpaired) electrons. The maximum absolute atomic E-state index is 10.5. The number of methoxy groups -OCH3 is 2. The van der Waals surface area contributed by atoms with E-state index in [0.29, 0.717) is 11.8 Å². The lowest BCUT2D eigenvalue weighted by atomic mass is 9.94. The van der Waals surface area contributed by atoms with Crippen LogP contribution in [0.15, 0.2) is 53.2 Å². The van der Waals surface area contributed by atoms with Gasteiger partial charge in [-0.1, -0.05) is 62.3 Å². The van der Waals surface area contributed by atoms with E-state index in [0.717, 1.165) is 41.0 Å². The van der Waals surface area contributed by atoms with Gasteiger partial charge in [0.2, 0.25) is 5.88 Å². The van der Waals surface area contributed by atoms with Crippen molar-refractivity contribution in [1.29, 1.82) is 0 Å². The molecular formula is C27H41NO3. The minimum Gasteiger partial charge on any atom is -0.496 e. The zero-order valence-electron chi connectivity index (χ0n) is 20.8. The second-order valence-electron chi connectivity index (χ2n) is 8.67. The Balaban J connectivity index is 2.74. The van der Waals surface area contributed by atoms with Crippen LogP contribution in [0.4, 0.5) is 0 Å². The van der Waals surface area contributed by atoms with Crippen molar-refractivity contribution < 1.29 is 14.6 Å². The highest BCUT2D eigenvalue weighted by atomic mass is 16.5. The van der Waals surface area contributed by atoms with Gasteiger partial charge < -0.3 is 14.6 Å². The molecule has 0 aliphatic rings. The number of aliphatic hydroxyl groups is 1. The molecule has 0 spiro atoms. The van der Waals surface area contributed by atoms with E-state index in [1.165, 1.54) is 5.57 Å². The molecule has 0 bridgehead atoms. The molecule has 1 heterocycles. The zero-order chi connectivity index (χ0) is 23.6. The van der Waals surface area contributed by atoms with Crippen molar-refractivity contribution in [2.45, 2.75) is 67.4 Å². The van der Waals surface area contributed by atoms with E-state index in [9.17, 15) is 5.11 Å². The highest BCUT2D eigenvalue weighted by Crippen LogP contribution is 2.25. The highest BCUT2D eigenvalue weighted by molar-refractivity contribution is 5.40. The van der Waals surface area contributed by atoms with Crippen LogP contribution < -0.4 is 9.47 Å². The molecule has 2 unspecified atom stereocenters. The molecule has 2 atom stereocenters.